The van der Waals surface area contributed by atoms with E-state index >= 15 is 0 Å². The van der Waals surface area contributed by atoms with Gasteiger partial charge < -0.3 is 18.9 Å². The second-order valence-corrected chi connectivity index (χ2v) is 3.93. The van der Waals surface area contributed by atoms with Crippen molar-refractivity contribution in [2.45, 2.75) is 12.2 Å². The van der Waals surface area contributed by atoms with E-state index in [1.54, 1.807) is 6.08 Å². The van der Waals surface area contributed by atoms with Gasteiger partial charge in [0.2, 0.25) is 0 Å². The maximum absolute atomic E-state index is 12.3. The van der Waals surface area contributed by atoms with Crippen molar-refractivity contribution in [1.82, 2.24) is 0 Å². The van der Waals surface area contributed by atoms with Gasteiger partial charge in [-0.3, -0.25) is 4.79 Å². The van der Waals surface area contributed by atoms with E-state index in [0.29, 0.717) is 6.42 Å². The van der Waals surface area contributed by atoms with Crippen molar-refractivity contribution in [2.75, 3.05) is 27.9 Å². The molecule has 0 N–H and O–H groups in total. The molecular weight excluding hydrogens is 264 g/mol. The van der Waals surface area contributed by atoms with Crippen molar-refractivity contribution < 1.29 is 28.5 Å². The quantitative estimate of drug-likeness (QED) is 0.302. The molecule has 0 fully saturated rings. The summed E-state index contributed by atoms with van der Waals surface area (Å²) in [4.78, 5) is 23.9. The summed E-state index contributed by atoms with van der Waals surface area (Å²) in [6.45, 7) is 3.78. The van der Waals surface area contributed by atoms with Crippen molar-refractivity contribution in [2.24, 2.45) is 0 Å². The van der Waals surface area contributed by atoms with Gasteiger partial charge in [-0.2, -0.15) is 0 Å². The molecule has 0 saturated heterocycles. The third-order valence-corrected chi connectivity index (χ3v) is 2.76. The number of esters is 1. The molecule has 0 saturated carbocycles. The lowest BCUT2D eigenvalue weighted by Crippen LogP contribution is -2.45. The van der Waals surface area contributed by atoms with Crippen molar-refractivity contribution in [3.05, 3.63) is 36.1 Å². The Hall–Kier alpha value is -1.92. The number of rotatable bonds is 7. The number of hydrogen-bond donors (Lipinski definition) is 0. The maximum Gasteiger partial charge on any atom is 0.337 e. The molecule has 0 heterocycles. The summed E-state index contributed by atoms with van der Waals surface area (Å²) in [6.07, 6.45) is 4.76. The van der Waals surface area contributed by atoms with Crippen LogP contribution in [0.15, 0.2) is 36.1 Å². The molecule has 0 aliphatic heterocycles. The van der Waals surface area contributed by atoms with E-state index in [4.69, 9.17) is 14.2 Å². The van der Waals surface area contributed by atoms with E-state index in [1.807, 2.05) is 0 Å². The maximum atomic E-state index is 12.3. The molecule has 0 aromatic carbocycles. The van der Waals surface area contributed by atoms with Crippen LogP contribution in [0.3, 0.4) is 0 Å². The fraction of sp³-hybridized carbons (Fsp3) is 0.429. The summed E-state index contributed by atoms with van der Waals surface area (Å²) in [5, 5.41) is 0. The van der Waals surface area contributed by atoms with Crippen LogP contribution in [-0.4, -0.2) is 45.5 Å². The number of carbonyl (C=O) groups excluding carboxylic acids is 2. The molecule has 0 aromatic rings. The van der Waals surface area contributed by atoms with Gasteiger partial charge >= 0.3 is 5.97 Å². The monoisotopic (exact) mass is 282 g/mol. The summed E-state index contributed by atoms with van der Waals surface area (Å²) in [6, 6.07) is 0. The van der Waals surface area contributed by atoms with Crippen LogP contribution in [-0.2, 0) is 28.5 Å². The zero-order valence-electron chi connectivity index (χ0n) is 11.8. The topological polar surface area (TPSA) is 71.1 Å². The molecule has 1 rings (SSSR count). The Morgan fingerprint density at radius 1 is 1.40 bits per heavy atom. The van der Waals surface area contributed by atoms with Crippen LogP contribution in [0.2, 0.25) is 0 Å². The minimum atomic E-state index is -1.69. The second kappa shape index (κ2) is 7.02. The van der Waals surface area contributed by atoms with Gasteiger partial charge in [-0.25, -0.2) is 4.79 Å². The second-order valence-electron chi connectivity index (χ2n) is 3.93. The fourth-order valence-electron chi connectivity index (χ4n) is 1.69. The van der Waals surface area contributed by atoms with Gasteiger partial charge in [0.25, 0.3) is 11.6 Å². The van der Waals surface area contributed by atoms with E-state index < -0.39 is 17.5 Å². The number of hydrogen-bond acceptors (Lipinski definition) is 6. The fourth-order valence-corrected chi connectivity index (χ4v) is 1.69. The molecular formula is C14H18O6. The van der Waals surface area contributed by atoms with E-state index in [-0.39, 0.29) is 17.9 Å². The Kier molecular flexibility index (Phi) is 5.66. The Bertz CT molecular complexity index is 462. The van der Waals surface area contributed by atoms with Crippen LogP contribution in [0.1, 0.15) is 6.42 Å². The first-order chi connectivity index (χ1) is 9.54. The third kappa shape index (κ3) is 3.15. The lowest BCUT2D eigenvalue weighted by molar-refractivity contribution is -0.195. The normalized spacial score (nSPS) is 21.9. The van der Waals surface area contributed by atoms with Crippen molar-refractivity contribution in [3.8, 4) is 0 Å². The van der Waals surface area contributed by atoms with E-state index in [9.17, 15) is 9.59 Å². The van der Waals surface area contributed by atoms with Gasteiger partial charge in [0.05, 0.1) is 26.4 Å². The molecule has 0 amide bonds. The summed E-state index contributed by atoms with van der Waals surface area (Å²) in [7, 11) is 3.89. The van der Waals surface area contributed by atoms with Crippen molar-refractivity contribution in [3.63, 3.8) is 0 Å². The molecule has 0 spiro atoms. The number of Topliss-reactive ketones (excluding diaryl/α,β-unsaturated/α-hetero) is 1. The first-order valence-corrected chi connectivity index (χ1v) is 5.96. The first-order valence-electron chi connectivity index (χ1n) is 5.96. The van der Waals surface area contributed by atoms with E-state index in [1.165, 1.54) is 33.5 Å². The molecule has 1 aliphatic carbocycles. The van der Waals surface area contributed by atoms with E-state index in [0.717, 1.165) is 0 Å². The zero-order valence-corrected chi connectivity index (χ0v) is 11.8. The SMILES string of the molecule is C=CCCOC1(OC)C=C(C(=O)OC)C=C(OC)C1=O. The van der Waals surface area contributed by atoms with Crippen molar-refractivity contribution in [1.29, 1.82) is 0 Å². The van der Waals surface area contributed by atoms with Crippen LogP contribution in [0.4, 0.5) is 0 Å². The van der Waals surface area contributed by atoms with Gasteiger partial charge in [-0.1, -0.05) is 6.08 Å². The molecule has 110 valence electrons. The highest BCUT2D eigenvalue weighted by atomic mass is 16.7. The average Bonchev–Trinajstić information content (AvgIpc) is 2.48. The minimum absolute atomic E-state index is 0.0339. The van der Waals surface area contributed by atoms with Crippen LogP contribution in [0, 0.1) is 0 Å². The van der Waals surface area contributed by atoms with Gasteiger partial charge in [0.1, 0.15) is 0 Å². The van der Waals surface area contributed by atoms with Gasteiger partial charge in [0, 0.05) is 7.11 Å². The Morgan fingerprint density at radius 3 is 2.60 bits per heavy atom. The lowest BCUT2D eigenvalue weighted by Gasteiger charge is -2.31. The molecule has 6 heteroatoms. The average molecular weight is 282 g/mol. The summed E-state index contributed by atoms with van der Waals surface area (Å²) < 4.78 is 20.3. The van der Waals surface area contributed by atoms with Crippen LogP contribution in [0.5, 0.6) is 0 Å². The number of carbonyl (C=O) groups is 2. The molecule has 1 atom stereocenters. The first kappa shape index (κ1) is 16.1. The van der Waals surface area contributed by atoms with Crippen LogP contribution in [0.25, 0.3) is 0 Å². The molecule has 1 aliphatic rings. The Labute approximate surface area is 117 Å². The predicted molar refractivity (Wildman–Crippen MR) is 70.7 cm³/mol. The zero-order chi connectivity index (χ0) is 15.2. The summed E-state index contributed by atoms with van der Waals surface area (Å²) in [5.74, 6) is -2.85. The highest BCUT2D eigenvalue weighted by Crippen LogP contribution is 2.28. The molecule has 0 bridgehead atoms. The Balaban J connectivity index is 3.16. The Morgan fingerprint density at radius 2 is 2.10 bits per heavy atom. The lowest BCUT2D eigenvalue weighted by atomic mass is 9.98. The molecule has 0 aromatic heterocycles. The predicted octanol–water partition coefficient (Wildman–Crippen LogP) is 1.13. The molecule has 1 unspecified atom stereocenters. The minimum Gasteiger partial charge on any atom is -0.493 e. The molecule has 6 nitrogen and oxygen atoms in total. The van der Waals surface area contributed by atoms with E-state index in [2.05, 4.69) is 11.3 Å². The number of methoxy groups -OCH3 is 3. The number of ether oxygens (including phenoxy) is 4. The van der Waals surface area contributed by atoms with Crippen molar-refractivity contribution >= 4 is 11.8 Å². The van der Waals surface area contributed by atoms with Gasteiger partial charge in [-0.05, 0) is 18.6 Å². The third-order valence-electron chi connectivity index (χ3n) is 2.76. The van der Waals surface area contributed by atoms with Crippen LogP contribution < -0.4 is 0 Å². The smallest absolute Gasteiger partial charge is 0.337 e. The summed E-state index contributed by atoms with van der Waals surface area (Å²) >= 11 is 0. The molecule has 20 heavy (non-hydrogen) atoms. The van der Waals surface area contributed by atoms with Gasteiger partial charge in [-0.15, -0.1) is 6.58 Å². The largest absolute Gasteiger partial charge is 0.493 e. The summed E-state index contributed by atoms with van der Waals surface area (Å²) in [5.41, 5.74) is 0.129. The standard InChI is InChI=1S/C14H18O6/c1-5-6-7-20-14(19-4)9-10(13(16)18-3)8-11(17-2)12(14)15/h5,8-9H,1,6-7H2,2-4H3. The molecule has 0 radical (unpaired) electrons. The highest BCUT2D eigenvalue weighted by Gasteiger charge is 2.44. The van der Waals surface area contributed by atoms with Crippen LogP contribution >= 0.6 is 0 Å². The highest BCUT2D eigenvalue weighted by molar-refractivity contribution is 6.06. The van der Waals surface area contributed by atoms with Gasteiger partial charge in [0.15, 0.2) is 5.76 Å². The number of ketones is 1.